The predicted octanol–water partition coefficient (Wildman–Crippen LogP) is 3.13. The lowest BCUT2D eigenvalue weighted by molar-refractivity contribution is -0.128. The number of aliphatic hydroxyl groups excluding tert-OH is 1. The first-order valence-electron chi connectivity index (χ1n) is 5.65. The van der Waals surface area contributed by atoms with E-state index in [9.17, 15) is 9.90 Å². The van der Waals surface area contributed by atoms with Crippen molar-refractivity contribution in [1.29, 1.82) is 0 Å². The van der Waals surface area contributed by atoms with Gasteiger partial charge >= 0.3 is 0 Å². The number of ketones is 1. The zero-order valence-corrected chi connectivity index (χ0v) is 9.78. The lowest BCUT2D eigenvalue weighted by Gasteiger charge is -2.26. The first-order valence-corrected chi connectivity index (χ1v) is 6.03. The van der Waals surface area contributed by atoms with Gasteiger partial charge in [-0.05, 0) is 24.5 Å². The molecule has 0 saturated heterocycles. The van der Waals surface area contributed by atoms with Gasteiger partial charge in [-0.25, -0.2) is 0 Å². The molecule has 1 aliphatic carbocycles. The van der Waals surface area contributed by atoms with Crippen molar-refractivity contribution in [3.63, 3.8) is 0 Å². The molecule has 16 heavy (non-hydrogen) atoms. The van der Waals surface area contributed by atoms with E-state index in [0.717, 1.165) is 19.3 Å². The second-order valence-electron chi connectivity index (χ2n) is 4.28. The van der Waals surface area contributed by atoms with Gasteiger partial charge in [-0.3, -0.25) is 4.79 Å². The van der Waals surface area contributed by atoms with Crippen LogP contribution in [0.1, 0.15) is 37.4 Å². The van der Waals surface area contributed by atoms with Gasteiger partial charge in [0.15, 0.2) is 0 Å². The summed E-state index contributed by atoms with van der Waals surface area (Å²) in [7, 11) is 0. The third-order valence-electron chi connectivity index (χ3n) is 3.21. The first-order chi connectivity index (χ1) is 7.70. The summed E-state index contributed by atoms with van der Waals surface area (Å²) in [6.45, 7) is 0. The minimum atomic E-state index is -0.749. The Labute approximate surface area is 100 Å². The molecule has 0 aromatic heterocycles. The van der Waals surface area contributed by atoms with E-state index in [-0.39, 0.29) is 11.7 Å². The number of halogens is 1. The monoisotopic (exact) mass is 238 g/mol. The zero-order chi connectivity index (χ0) is 11.5. The van der Waals surface area contributed by atoms with Gasteiger partial charge in [0.05, 0.1) is 6.10 Å². The van der Waals surface area contributed by atoms with Gasteiger partial charge < -0.3 is 5.11 Å². The van der Waals surface area contributed by atoms with Gasteiger partial charge in [-0.15, -0.1) is 0 Å². The van der Waals surface area contributed by atoms with E-state index in [4.69, 9.17) is 11.6 Å². The second-order valence-corrected chi connectivity index (χ2v) is 4.69. The van der Waals surface area contributed by atoms with E-state index in [1.165, 1.54) is 0 Å². The number of benzene rings is 1. The maximum Gasteiger partial charge on any atom is 0.138 e. The normalized spacial score (nSPS) is 23.1. The molecule has 1 aromatic carbocycles. The molecule has 1 aliphatic rings. The third kappa shape index (κ3) is 2.28. The Morgan fingerprint density at radius 3 is 2.75 bits per heavy atom. The van der Waals surface area contributed by atoms with Crippen LogP contribution < -0.4 is 0 Å². The lowest BCUT2D eigenvalue weighted by Crippen LogP contribution is -2.25. The molecule has 1 N–H and O–H groups in total. The Bertz CT molecular complexity index is 389. The Morgan fingerprint density at radius 2 is 2.06 bits per heavy atom. The molecular formula is C13H15ClO2. The highest BCUT2D eigenvalue weighted by atomic mass is 35.5. The summed E-state index contributed by atoms with van der Waals surface area (Å²) in [6, 6.07) is 7.18. The topological polar surface area (TPSA) is 37.3 Å². The van der Waals surface area contributed by atoms with Crippen LogP contribution in [-0.2, 0) is 4.79 Å². The predicted molar refractivity (Wildman–Crippen MR) is 63.4 cm³/mol. The number of Topliss-reactive ketones (excluding diaryl/α,β-unsaturated/α-hetero) is 1. The molecule has 0 heterocycles. The summed E-state index contributed by atoms with van der Waals surface area (Å²) in [6.07, 6.45) is 2.57. The molecule has 2 nitrogen and oxygen atoms in total. The van der Waals surface area contributed by atoms with E-state index in [1.54, 1.807) is 12.1 Å². The van der Waals surface area contributed by atoms with Gasteiger partial charge in [0.25, 0.3) is 0 Å². The molecule has 2 rings (SSSR count). The molecule has 0 bridgehead atoms. The molecule has 86 valence electrons. The van der Waals surface area contributed by atoms with Crippen LogP contribution in [0.5, 0.6) is 0 Å². The maximum absolute atomic E-state index is 11.7. The number of aliphatic hydroxyl groups is 1. The van der Waals surface area contributed by atoms with Crippen LogP contribution in [0.2, 0.25) is 5.02 Å². The van der Waals surface area contributed by atoms with Crippen molar-refractivity contribution in [1.82, 2.24) is 0 Å². The van der Waals surface area contributed by atoms with Crippen LogP contribution in [0.15, 0.2) is 24.3 Å². The molecule has 2 atom stereocenters. The van der Waals surface area contributed by atoms with Crippen molar-refractivity contribution >= 4 is 17.4 Å². The lowest BCUT2D eigenvalue weighted by atomic mass is 9.82. The number of carbonyl (C=O) groups excluding carboxylic acids is 1. The largest absolute Gasteiger partial charge is 0.388 e. The standard InChI is InChI=1S/C13H15ClO2/c14-11-7-3-1-5-9(11)13(16)10-6-2-4-8-12(10)15/h1,3,5,7,10,13,16H,2,4,6,8H2/t10?,13-/m1/s1. The van der Waals surface area contributed by atoms with E-state index < -0.39 is 6.10 Å². The highest BCUT2D eigenvalue weighted by Gasteiger charge is 2.30. The summed E-state index contributed by atoms with van der Waals surface area (Å²) < 4.78 is 0. The molecule has 1 aromatic rings. The maximum atomic E-state index is 11.7. The molecule has 1 unspecified atom stereocenters. The van der Waals surface area contributed by atoms with Crippen LogP contribution in [0, 0.1) is 5.92 Å². The van der Waals surface area contributed by atoms with Gasteiger partial charge in [-0.1, -0.05) is 36.2 Å². The number of rotatable bonds is 2. The minimum Gasteiger partial charge on any atom is -0.388 e. The molecular weight excluding hydrogens is 224 g/mol. The van der Waals surface area contributed by atoms with Crippen LogP contribution in [0.4, 0.5) is 0 Å². The van der Waals surface area contributed by atoms with Gasteiger partial charge in [0.1, 0.15) is 5.78 Å². The Hall–Kier alpha value is -0.860. The fourth-order valence-corrected chi connectivity index (χ4v) is 2.52. The fourth-order valence-electron chi connectivity index (χ4n) is 2.28. The van der Waals surface area contributed by atoms with Crippen molar-refractivity contribution in [2.75, 3.05) is 0 Å². The zero-order valence-electron chi connectivity index (χ0n) is 9.03. The van der Waals surface area contributed by atoms with Crippen molar-refractivity contribution < 1.29 is 9.90 Å². The van der Waals surface area contributed by atoms with E-state index >= 15 is 0 Å². The van der Waals surface area contributed by atoms with Crippen molar-refractivity contribution in [2.24, 2.45) is 5.92 Å². The van der Waals surface area contributed by atoms with Crippen molar-refractivity contribution in [2.45, 2.75) is 31.8 Å². The molecule has 0 spiro atoms. The number of hydrogen-bond acceptors (Lipinski definition) is 2. The van der Waals surface area contributed by atoms with Crippen LogP contribution >= 0.6 is 11.6 Å². The highest BCUT2D eigenvalue weighted by molar-refractivity contribution is 6.31. The molecule has 3 heteroatoms. The van der Waals surface area contributed by atoms with E-state index in [0.29, 0.717) is 17.0 Å². The average Bonchev–Trinajstić information content (AvgIpc) is 2.29. The van der Waals surface area contributed by atoms with Crippen LogP contribution in [-0.4, -0.2) is 10.9 Å². The van der Waals surface area contributed by atoms with Gasteiger partial charge in [0.2, 0.25) is 0 Å². The average molecular weight is 239 g/mol. The summed E-state index contributed by atoms with van der Waals surface area (Å²) >= 11 is 6.01. The van der Waals surface area contributed by atoms with Crippen LogP contribution in [0.25, 0.3) is 0 Å². The quantitative estimate of drug-likeness (QED) is 0.860. The fraction of sp³-hybridized carbons (Fsp3) is 0.462. The molecule has 0 radical (unpaired) electrons. The molecule has 0 amide bonds. The van der Waals surface area contributed by atoms with E-state index in [1.807, 2.05) is 12.1 Å². The van der Waals surface area contributed by atoms with Crippen molar-refractivity contribution in [3.05, 3.63) is 34.9 Å². The van der Waals surface area contributed by atoms with Crippen molar-refractivity contribution in [3.8, 4) is 0 Å². The third-order valence-corrected chi connectivity index (χ3v) is 3.55. The highest BCUT2D eigenvalue weighted by Crippen LogP contribution is 2.34. The Kier molecular flexibility index (Phi) is 3.62. The minimum absolute atomic E-state index is 0.165. The second kappa shape index (κ2) is 4.98. The first kappa shape index (κ1) is 11.6. The summed E-state index contributed by atoms with van der Waals surface area (Å²) in [5.74, 6) is -0.104. The van der Waals surface area contributed by atoms with Gasteiger partial charge in [-0.2, -0.15) is 0 Å². The summed E-state index contributed by atoms with van der Waals surface area (Å²) in [5.41, 5.74) is 0.671. The summed E-state index contributed by atoms with van der Waals surface area (Å²) in [4.78, 5) is 11.7. The smallest absolute Gasteiger partial charge is 0.138 e. The van der Waals surface area contributed by atoms with Gasteiger partial charge in [0, 0.05) is 17.4 Å². The molecule has 1 saturated carbocycles. The van der Waals surface area contributed by atoms with E-state index in [2.05, 4.69) is 0 Å². The van der Waals surface area contributed by atoms with Crippen LogP contribution in [0.3, 0.4) is 0 Å². The summed E-state index contributed by atoms with van der Waals surface area (Å²) in [5, 5.41) is 10.7. The number of carbonyl (C=O) groups is 1. The Morgan fingerprint density at radius 1 is 1.31 bits per heavy atom. The Balaban J connectivity index is 2.21. The molecule has 0 aliphatic heterocycles. The number of hydrogen-bond donors (Lipinski definition) is 1. The SMILES string of the molecule is O=C1CCCCC1[C@H](O)c1ccccc1Cl. The molecule has 1 fully saturated rings.